The Hall–Kier alpha value is 0.688. The van der Waals surface area contributed by atoms with Crippen LogP contribution < -0.4 is 0 Å². The monoisotopic (exact) mass is 314 g/mol. The van der Waals surface area contributed by atoms with E-state index in [2.05, 4.69) is 0 Å². The largest absolute Gasteiger partial charge is 2.00 e. The minimum absolute atomic E-state index is 0. The first-order valence-corrected chi connectivity index (χ1v) is 3.33. The molecule has 0 saturated heterocycles. The molecule has 0 aliphatic heterocycles. The first-order valence-electron chi connectivity index (χ1n) is 3.33. The van der Waals surface area contributed by atoms with E-state index in [9.17, 15) is 0 Å². The fourth-order valence-electron chi connectivity index (χ4n) is 0.642. The van der Waals surface area contributed by atoms with E-state index >= 15 is 0 Å². The Kier molecular flexibility index (Phi) is 9.33. The van der Waals surface area contributed by atoms with Gasteiger partial charge in [0.25, 0.3) is 0 Å². The Morgan fingerprint density at radius 3 is 0.455 bits per heavy atom. The van der Waals surface area contributed by atoms with Gasteiger partial charge in [0, 0.05) is 0 Å². The molecule has 0 bridgehead atoms. The third-order valence-corrected chi connectivity index (χ3v) is 1.11. The Morgan fingerprint density at radius 1 is 0.273 bits per heavy atom. The summed E-state index contributed by atoms with van der Waals surface area (Å²) in [5.41, 5.74) is 0. The molecule has 11 heavy (non-hydrogen) atoms. The van der Waals surface area contributed by atoms with Crippen LogP contribution >= 0.6 is 0 Å². The molecule has 0 aromatic rings. The van der Waals surface area contributed by atoms with Crippen LogP contribution in [0.1, 0.15) is 0 Å². The first kappa shape index (κ1) is 11.7. The molecule has 0 aromatic carbocycles. The van der Waals surface area contributed by atoms with E-state index in [0.717, 1.165) is 0 Å². The van der Waals surface area contributed by atoms with Crippen molar-refractivity contribution in [3.63, 3.8) is 0 Å². The third kappa shape index (κ3) is 7.06. The van der Waals surface area contributed by atoms with Crippen molar-refractivity contribution >= 4 is 0 Å². The van der Waals surface area contributed by atoms with Crippen molar-refractivity contribution in [3.8, 4) is 0 Å². The van der Waals surface area contributed by atoms with Gasteiger partial charge in [-0.3, -0.25) is 0 Å². The summed E-state index contributed by atoms with van der Waals surface area (Å²) in [6, 6.07) is 0. The molecule has 2 saturated carbocycles. The second-order valence-corrected chi connectivity index (χ2v) is 1.92. The zero-order chi connectivity index (χ0) is 7.07. The predicted molar refractivity (Wildman–Crippen MR) is 43.0 cm³/mol. The van der Waals surface area contributed by atoms with Crippen molar-refractivity contribution in [3.05, 3.63) is 64.2 Å². The molecule has 54 valence electrons. The summed E-state index contributed by atoms with van der Waals surface area (Å²) in [4.78, 5) is 0. The second-order valence-electron chi connectivity index (χ2n) is 1.92. The van der Waals surface area contributed by atoms with Gasteiger partial charge in [0.2, 0.25) is 0 Å². The van der Waals surface area contributed by atoms with Crippen molar-refractivity contribution in [2.24, 2.45) is 0 Å². The summed E-state index contributed by atoms with van der Waals surface area (Å²) in [7, 11) is 0. The van der Waals surface area contributed by atoms with Gasteiger partial charge in [0.15, 0.2) is 0 Å². The van der Waals surface area contributed by atoms with Crippen LogP contribution in [0.25, 0.3) is 0 Å². The summed E-state index contributed by atoms with van der Waals surface area (Å²) < 4.78 is 0. The van der Waals surface area contributed by atoms with Gasteiger partial charge in [0.1, 0.15) is 0 Å². The maximum absolute atomic E-state index is 2.00. The zero-order valence-corrected chi connectivity index (χ0v) is 9.12. The molecule has 10 radical (unpaired) electrons. The molecule has 0 nitrogen and oxygen atoms in total. The van der Waals surface area contributed by atoms with Crippen LogP contribution in [0, 0.1) is 64.2 Å². The van der Waals surface area contributed by atoms with Crippen molar-refractivity contribution in [2.75, 3.05) is 0 Å². The molecule has 0 N–H and O–H groups in total. The molecule has 0 aromatic heterocycles. The molecule has 2 aliphatic carbocycles. The van der Waals surface area contributed by atoms with Crippen LogP contribution in [0.5, 0.6) is 0 Å². The molecular weight excluding hydrogens is 304 g/mol. The minimum Gasteiger partial charge on any atom is -0.0312 e. The fraction of sp³-hybridized carbons (Fsp3) is 0. The van der Waals surface area contributed by atoms with Crippen LogP contribution in [0.2, 0.25) is 0 Å². The van der Waals surface area contributed by atoms with Crippen molar-refractivity contribution in [2.45, 2.75) is 0 Å². The van der Waals surface area contributed by atoms with Gasteiger partial charge in [-0.2, -0.15) is 0 Å². The van der Waals surface area contributed by atoms with Crippen LogP contribution in [0.4, 0.5) is 0 Å². The molecule has 1 heteroatoms. The van der Waals surface area contributed by atoms with Gasteiger partial charge in [-0.25, -0.2) is 0 Å². The average Bonchev–Trinajstić information content (AvgIpc) is 2.67. The normalized spacial score (nSPS) is 21.8. The van der Waals surface area contributed by atoms with E-state index in [-0.39, 0.29) is 21.1 Å². The summed E-state index contributed by atoms with van der Waals surface area (Å²) in [6.45, 7) is 0. The zero-order valence-electron chi connectivity index (χ0n) is 6.18. The van der Waals surface area contributed by atoms with E-state index in [1.54, 1.807) is 0 Å². The molecule has 2 fully saturated rings. The summed E-state index contributed by atoms with van der Waals surface area (Å²) in [6.07, 6.45) is 20.0. The molecule has 0 amide bonds. The first-order chi connectivity index (χ1) is 5.00. The van der Waals surface area contributed by atoms with E-state index in [1.807, 2.05) is 64.2 Å². The molecule has 0 spiro atoms. The Labute approximate surface area is 85.4 Å². The quantitative estimate of drug-likeness (QED) is 0.642. The maximum Gasteiger partial charge on any atom is 2.00 e. The van der Waals surface area contributed by atoms with Gasteiger partial charge in [-0.15, -0.1) is 0 Å². The topological polar surface area (TPSA) is 0 Å². The van der Waals surface area contributed by atoms with Crippen LogP contribution in [-0.4, -0.2) is 0 Å². The van der Waals surface area contributed by atoms with E-state index in [0.29, 0.717) is 0 Å². The van der Waals surface area contributed by atoms with Gasteiger partial charge in [0.05, 0.1) is 0 Å². The summed E-state index contributed by atoms with van der Waals surface area (Å²) >= 11 is 0. The molecule has 2 rings (SSSR count). The molecule has 0 atom stereocenters. The second kappa shape index (κ2) is 8.78. The Morgan fingerprint density at radius 2 is 0.364 bits per heavy atom. The smallest absolute Gasteiger partial charge is 0.0312 e. The number of hydrogen-bond acceptors (Lipinski definition) is 0. The van der Waals surface area contributed by atoms with Crippen LogP contribution in [0.15, 0.2) is 0 Å². The van der Waals surface area contributed by atoms with E-state index < -0.39 is 0 Å². The fourth-order valence-corrected chi connectivity index (χ4v) is 0.642. The maximum atomic E-state index is 2.00. The van der Waals surface area contributed by atoms with Gasteiger partial charge >= 0.3 is 21.1 Å². The average molecular weight is 314 g/mol. The number of hydrogen-bond donors (Lipinski definition) is 0. The Balaban J connectivity index is 0.000000167. The van der Waals surface area contributed by atoms with Gasteiger partial charge < -0.3 is 0 Å². The number of rotatable bonds is 0. The van der Waals surface area contributed by atoms with E-state index in [4.69, 9.17) is 0 Å². The van der Waals surface area contributed by atoms with Gasteiger partial charge in [-0.1, -0.05) is 0 Å². The third-order valence-electron chi connectivity index (χ3n) is 1.11. The van der Waals surface area contributed by atoms with E-state index in [1.165, 1.54) is 0 Å². The summed E-state index contributed by atoms with van der Waals surface area (Å²) in [5.74, 6) is 0. The molecule has 0 unspecified atom stereocenters. The van der Waals surface area contributed by atoms with Crippen molar-refractivity contribution in [1.29, 1.82) is 0 Å². The van der Waals surface area contributed by atoms with Crippen LogP contribution in [0.3, 0.4) is 0 Å². The molecule has 0 heterocycles. The van der Waals surface area contributed by atoms with Crippen molar-refractivity contribution < 1.29 is 21.1 Å². The standard InChI is InChI=1S/2C5H5.W/c2*1-2-4-5-3-1;/h2*1-5H;/q;;+2. The molecular formula is C10H10W+2. The predicted octanol–water partition coefficient (Wildman–Crippen LogP) is 2.04. The SMILES string of the molecule is [CH]1[CH][CH][CH][CH]1.[CH]1[CH][CH][CH][CH]1.[W+2]. The van der Waals surface area contributed by atoms with Crippen LogP contribution in [-0.2, 0) is 21.1 Å². The van der Waals surface area contributed by atoms with Crippen molar-refractivity contribution in [1.82, 2.24) is 0 Å². The summed E-state index contributed by atoms with van der Waals surface area (Å²) in [5, 5.41) is 0. The minimum atomic E-state index is 0. The Bertz CT molecular complexity index is 38.1. The van der Waals surface area contributed by atoms with Gasteiger partial charge in [-0.05, 0) is 64.2 Å². The molecule has 2 aliphatic rings.